The molecule has 0 bridgehead atoms. The van der Waals surface area contributed by atoms with E-state index in [1.54, 1.807) is 13.2 Å². The largest absolute Gasteiger partial charge is 0.493 e. The lowest BCUT2D eigenvalue weighted by Crippen LogP contribution is -2.25. The molecule has 0 unspecified atom stereocenters. The monoisotopic (exact) mass is 320 g/mol. The van der Waals surface area contributed by atoms with Gasteiger partial charge in [0, 0.05) is 12.6 Å². The highest BCUT2D eigenvalue weighted by Crippen LogP contribution is 2.29. The number of hydrogen-bond donors (Lipinski definition) is 1. The van der Waals surface area contributed by atoms with Gasteiger partial charge in [0.25, 0.3) is 0 Å². The summed E-state index contributed by atoms with van der Waals surface area (Å²) in [6, 6.07) is 5.61. The van der Waals surface area contributed by atoms with Crippen molar-refractivity contribution in [1.29, 1.82) is 0 Å². The van der Waals surface area contributed by atoms with E-state index >= 15 is 0 Å². The number of rotatable bonds is 9. The molecule has 1 rings (SSSR count). The maximum Gasteiger partial charge on any atom is 0.243 e. The lowest BCUT2D eigenvalue weighted by molar-refractivity contribution is -0.116. The lowest BCUT2D eigenvalue weighted by atomic mass is 10.2. The number of benzene rings is 1. The summed E-state index contributed by atoms with van der Waals surface area (Å²) in [5, 5.41) is 2.87. The smallest absolute Gasteiger partial charge is 0.243 e. The van der Waals surface area contributed by atoms with E-state index in [1.807, 2.05) is 46.1 Å². The van der Waals surface area contributed by atoms with Gasteiger partial charge in [-0.1, -0.05) is 6.07 Å². The van der Waals surface area contributed by atoms with Gasteiger partial charge < -0.3 is 19.7 Å². The molecule has 0 saturated carbocycles. The number of amides is 1. The van der Waals surface area contributed by atoms with Crippen molar-refractivity contribution in [2.45, 2.75) is 26.4 Å². The van der Waals surface area contributed by atoms with Crippen molar-refractivity contribution < 1.29 is 14.3 Å². The van der Waals surface area contributed by atoms with Crippen molar-refractivity contribution in [3.05, 3.63) is 29.8 Å². The molecule has 0 radical (unpaired) electrons. The summed E-state index contributed by atoms with van der Waals surface area (Å²) < 4.78 is 11.0. The second-order valence-electron chi connectivity index (χ2n) is 5.86. The van der Waals surface area contributed by atoms with E-state index in [-0.39, 0.29) is 12.0 Å². The van der Waals surface area contributed by atoms with Crippen LogP contribution in [0.15, 0.2) is 24.3 Å². The van der Waals surface area contributed by atoms with Gasteiger partial charge >= 0.3 is 0 Å². The third-order valence-electron chi connectivity index (χ3n) is 3.06. The van der Waals surface area contributed by atoms with Crippen LogP contribution in [0.5, 0.6) is 11.5 Å². The molecule has 5 nitrogen and oxygen atoms in total. The zero-order valence-corrected chi connectivity index (χ0v) is 14.8. The van der Waals surface area contributed by atoms with E-state index in [4.69, 9.17) is 9.47 Å². The fourth-order valence-corrected chi connectivity index (χ4v) is 1.98. The second kappa shape index (κ2) is 9.90. The van der Waals surface area contributed by atoms with E-state index < -0.39 is 0 Å². The van der Waals surface area contributed by atoms with Crippen LogP contribution in [0.2, 0.25) is 0 Å². The lowest BCUT2D eigenvalue weighted by Gasteiger charge is -2.13. The number of carbonyl (C=O) groups excluding carboxylic acids is 1. The Morgan fingerprint density at radius 2 is 2.04 bits per heavy atom. The maximum absolute atomic E-state index is 11.8. The van der Waals surface area contributed by atoms with Crippen molar-refractivity contribution in [3.8, 4) is 11.5 Å². The van der Waals surface area contributed by atoms with Crippen molar-refractivity contribution in [2.75, 3.05) is 34.3 Å². The molecule has 1 amide bonds. The fourth-order valence-electron chi connectivity index (χ4n) is 1.98. The number of carbonyl (C=O) groups is 1. The molecule has 5 heteroatoms. The summed E-state index contributed by atoms with van der Waals surface area (Å²) in [5.74, 6) is 1.27. The van der Waals surface area contributed by atoms with Crippen molar-refractivity contribution >= 4 is 12.0 Å². The number of hydrogen-bond acceptors (Lipinski definition) is 4. The van der Waals surface area contributed by atoms with Crippen LogP contribution >= 0.6 is 0 Å². The zero-order valence-electron chi connectivity index (χ0n) is 14.8. The summed E-state index contributed by atoms with van der Waals surface area (Å²) in [4.78, 5) is 13.9. The number of methoxy groups -OCH3 is 1. The predicted molar refractivity (Wildman–Crippen MR) is 94.0 cm³/mol. The summed E-state index contributed by atoms with van der Waals surface area (Å²) >= 11 is 0. The third kappa shape index (κ3) is 7.70. The highest BCUT2D eigenvalue weighted by atomic mass is 16.5. The molecule has 0 aliphatic rings. The van der Waals surface area contributed by atoms with Crippen molar-refractivity contribution in [3.63, 3.8) is 0 Å². The predicted octanol–water partition coefficient (Wildman–Crippen LogP) is 2.56. The Morgan fingerprint density at radius 1 is 1.30 bits per heavy atom. The molecule has 0 spiro atoms. The van der Waals surface area contributed by atoms with Gasteiger partial charge in [-0.05, 0) is 64.7 Å². The van der Waals surface area contributed by atoms with Crippen LogP contribution in [0.3, 0.4) is 0 Å². The molecule has 0 aliphatic carbocycles. The Kier molecular flexibility index (Phi) is 8.19. The Balaban J connectivity index is 2.57. The van der Waals surface area contributed by atoms with E-state index in [2.05, 4.69) is 10.2 Å². The van der Waals surface area contributed by atoms with Gasteiger partial charge in [0.05, 0.1) is 13.2 Å². The Labute approximate surface area is 139 Å². The standard InChI is InChI=1S/C18H28N2O3/c1-14(2)23-16-9-7-15(13-17(16)22-5)8-10-18(21)19-11-6-12-20(3)4/h7-10,13-14H,6,11-12H2,1-5H3,(H,19,21)/b10-8+. The number of ether oxygens (including phenoxy) is 2. The van der Waals surface area contributed by atoms with Crippen LogP contribution in [-0.2, 0) is 4.79 Å². The Bertz CT molecular complexity index is 525. The number of nitrogens with zero attached hydrogens (tertiary/aromatic N) is 1. The first-order chi connectivity index (χ1) is 10.9. The molecule has 0 heterocycles. The van der Waals surface area contributed by atoms with Gasteiger partial charge in [0.1, 0.15) is 0 Å². The van der Waals surface area contributed by atoms with Crippen LogP contribution in [0, 0.1) is 0 Å². The average Bonchev–Trinajstić information content (AvgIpc) is 2.49. The molecule has 23 heavy (non-hydrogen) atoms. The topological polar surface area (TPSA) is 50.8 Å². The molecule has 1 aromatic carbocycles. The van der Waals surface area contributed by atoms with Crippen LogP contribution in [0.1, 0.15) is 25.8 Å². The SMILES string of the molecule is COc1cc(/C=C/C(=O)NCCCN(C)C)ccc1OC(C)C. The summed E-state index contributed by atoms with van der Waals surface area (Å²) in [7, 11) is 5.64. The highest BCUT2D eigenvalue weighted by Gasteiger charge is 2.06. The Morgan fingerprint density at radius 3 is 2.65 bits per heavy atom. The van der Waals surface area contributed by atoms with Crippen LogP contribution in [-0.4, -0.2) is 51.2 Å². The first-order valence-electron chi connectivity index (χ1n) is 7.87. The van der Waals surface area contributed by atoms with E-state index in [1.165, 1.54) is 6.08 Å². The average molecular weight is 320 g/mol. The van der Waals surface area contributed by atoms with E-state index in [0.29, 0.717) is 18.0 Å². The maximum atomic E-state index is 11.8. The molecule has 0 atom stereocenters. The van der Waals surface area contributed by atoms with Crippen LogP contribution in [0.25, 0.3) is 6.08 Å². The molecule has 0 aromatic heterocycles. The minimum Gasteiger partial charge on any atom is -0.493 e. The molecule has 1 N–H and O–H groups in total. The van der Waals surface area contributed by atoms with Gasteiger partial charge in [0.2, 0.25) is 5.91 Å². The van der Waals surface area contributed by atoms with Gasteiger partial charge in [-0.2, -0.15) is 0 Å². The first-order valence-corrected chi connectivity index (χ1v) is 7.87. The molecule has 0 aliphatic heterocycles. The molecular formula is C18H28N2O3. The molecule has 0 fully saturated rings. The van der Waals surface area contributed by atoms with Crippen molar-refractivity contribution in [2.24, 2.45) is 0 Å². The Hall–Kier alpha value is -2.01. The summed E-state index contributed by atoms with van der Waals surface area (Å²) in [6.07, 6.45) is 4.32. The molecular weight excluding hydrogens is 292 g/mol. The third-order valence-corrected chi connectivity index (χ3v) is 3.06. The van der Waals surface area contributed by atoms with E-state index in [0.717, 1.165) is 18.5 Å². The van der Waals surface area contributed by atoms with Gasteiger partial charge in [-0.25, -0.2) is 0 Å². The quantitative estimate of drug-likeness (QED) is 0.561. The minimum atomic E-state index is -0.0924. The first kappa shape index (κ1) is 19.0. The number of nitrogens with one attached hydrogen (secondary N) is 1. The van der Waals surface area contributed by atoms with Crippen LogP contribution in [0.4, 0.5) is 0 Å². The van der Waals surface area contributed by atoms with Gasteiger partial charge in [-0.15, -0.1) is 0 Å². The zero-order chi connectivity index (χ0) is 17.2. The van der Waals surface area contributed by atoms with Crippen LogP contribution < -0.4 is 14.8 Å². The second-order valence-corrected chi connectivity index (χ2v) is 5.86. The summed E-state index contributed by atoms with van der Waals surface area (Å²) in [5.41, 5.74) is 0.890. The van der Waals surface area contributed by atoms with Gasteiger partial charge in [-0.3, -0.25) is 4.79 Å². The highest BCUT2D eigenvalue weighted by molar-refractivity contribution is 5.91. The summed E-state index contributed by atoms with van der Waals surface area (Å²) in [6.45, 7) is 5.56. The normalized spacial score (nSPS) is 11.3. The van der Waals surface area contributed by atoms with E-state index in [9.17, 15) is 4.79 Å². The molecule has 128 valence electrons. The molecule has 1 aromatic rings. The molecule has 0 saturated heterocycles. The fraction of sp³-hybridized carbons (Fsp3) is 0.500. The van der Waals surface area contributed by atoms with Crippen molar-refractivity contribution in [1.82, 2.24) is 10.2 Å². The van der Waals surface area contributed by atoms with Gasteiger partial charge in [0.15, 0.2) is 11.5 Å². The minimum absolute atomic E-state index is 0.0817.